The number of nitrogens with one attached hydrogen (secondary N) is 1. The van der Waals surface area contributed by atoms with Gasteiger partial charge in [-0.3, -0.25) is 13.9 Å². The highest BCUT2D eigenvalue weighted by Crippen LogP contribution is 2.28. The smallest absolute Gasteiger partial charge is 0.264 e. The van der Waals surface area contributed by atoms with Crippen LogP contribution in [-0.4, -0.2) is 43.8 Å². The molecule has 7 nitrogen and oxygen atoms in total. The number of amides is 2. The second-order valence-electron chi connectivity index (χ2n) is 9.38. The van der Waals surface area contributed by atoms with Crippen molar-refractivity contribution in [1.82, 2.24) is 10.2 Å². The molecule has 10 heteroatoms. The van der Waals surface area contributed by atoms with Crippen LogP contribution in [0.5, 0.6) is 0 Å². The molecule has 39 heavy (non-hydrogen) atoms. The number of halogens is 2. The first-order chi connectivity index (χ1) is 18.4. The summed E-state index contributed by atoms with van der Waals surface area (Å²) in [4.78, 5) is 28.4. The fraction of sp³-hybridized carbons (Fsp3) is 0.310. The first kappa shape index (κ1) is 30.5. The van der Waals surface area contributed by atoms with E-state index in [4.69, 9.17) is 23.2 Å². The molecule has 0 aliphatic carbocycles. The molecule has 0 aromatic heterocycles. The SMILES string of the molecule is CC[C@H](C)NC(=O)[C@@H](C)N(Cc1c(Cl)cccc1Cl)C(=O)CN(c1ccccc1)S(=O)(=O)c1ccc(C)cc1. The van der Waals surface area contributed by atoms with Crippen molar-refractivity contribution in [1.29, 1.82) is 0 Å². The van der Waals surface area contributed by atoms with Gasteiger partial charge in [0.2, 0.25) is 11.8 Å². The Morgan fingerprint density at radius 1 is 0.897 bits per heavy atom. The van der Waals surface area contributed by atoms with E-state index >= 15 is 0 Å². The monoisotopic (exact) mass is 589 g/mol. The van der Waals surface area contributed by atoms with Gasteiger partial charge in [0, 0.05) is 28.2 Å². The Labute approximate surface area is 240 Å². The van der Waals surface area contributed by atoms with Crippen LogP contribution in [0, 0.1) is 6.92 Å². The molecule has 2 amide bonds. The van der Waals surface area contributed by atoms with Crippen molar-refractivity contribution >= 4 is 50.7 Å². The van der Waals surface area contributed by atoms with Gasteiger partial charge in [0.05, 0.1) is 10.6 Å². The Kier molecular flexibility index (Phi) is 10.4. The molecule has 0 heterocycles. The number of hydrogen-bond donors (Lipinski definition) is 1. The lowest BCUT2D eigenvalue weighted by molar-refractivity contribution is -0.139. The predicted molar refractivity (Wildman–Crippen MR) is 157 cm³/mol. The van der Waals surface area contributed by atoms with Crippen LogP contribution in [0.2, 0.25) is 10.0 Å². The van der Waals surface area contributed by atoms with Crippen molar-refractivity contribution in [3.8, 4) is 0 Å². The largest absolute Gasteiger partial charge is 0.352 e. The Hall–Kier alpha value is -3.07. The van der Waals surface area contributed by atoms with Crippen molar-refractivity contribution in [3.05, 3.63) is 94.0 Å². The number of carbonyl (C=O) groups excluding carboxylic acids is 2. The van der Waals surface area contributed by atoms with Gasteiger partial charge in [-0.25, -0.2) is 8.42 Å². The maximum atomic E-state index is 13.9. The molecule has 0 radical (unpaired) electrons. The minimum absolute atomic E-state index is 0.0491. The molecule has 0 saturated carbocycles. The van der Waals surface area contributed by atoms with E-state index < -0.39 is 28.5 Å². The third-order valence-electron chi connectivity index (χ3n) is 6.49. The minimum Gasteiger partial charge on any atom is -0.352 e. The molecule has 2 atom stereocenters. The molecule has 208 valence electrons. The fourth-order valence-corrected chi connectivity index (χ4v) is 5.79. The Morgan fingerprint density at radius 3 is 2.05 bits per heavy atom. The van der Waals surface area contributed by atoms with Gasteiger partial charge in [-0.15, -0.1) is 0 Å². The molecular formula is C29H33Cl2N3O4S. The number of rotatable bonds is 11. The number of para-hydroxylation sites is 1. The molecule has 0 aliphatic rings. The number of sulfonamides is 1. The maximum Gasteiger partial charge on any atom is 0.264 e. The summed E-state index contributed by atoms with van der Waals surface area (Å²) in [7, 11) is -4.12. The van der Waals surface area contributed by atoms with Crippen molar-refractivity contribution in [3.63, 3.8) is 0 Å². The van der Waals surface area contributed by atoms with Crippen LogP contribution in [0.15, 0.2) is 77.7 Å². The second-order valence-corrected chi connectivity index (χ2v) is 12.1. The van der Waals surface area contributed by atoms with Gasteiger partial charge in [0.15, 0.2) is 0 Å². The molecule has 3 aromatic rings. The summed E-state index contributed by atoms with van der Waals surface area (Å²) in [5.41, 5.74) is 1.68. The van der Waals surface area contributed by atoms with Crippen molar-refractivity contribution < 1.29 is 18.0 Å². The second kappa shape index (κ2) is 13.3. The third kappa shape index (κ3) is 7.53. The van der Waals surface area contributed by atoms with E-state index in [1.807, 2.05) is 20.8 Å². The average molecular weight is 591 g/mol. The van der Waals surface area contributed by atoms with E-state index in [0.29, 0.717) is 27.7 Å². The summed E-state index contributed by atoms with van der Waals surface area (Å²) in [6, 6.07) is 18.7. The zero-order valence-corrected chi connectivity index (χ0v) is 24.7. The quantitative estimate of drug-likeness (QED) is 0.305. The van der Waals surface area contributed by atoms with Gasteiger partial charge in [0.25, 0.3) is 10.0 Å². The van der Waals surface area contributed by atoms with Gasteiger partial charge < -0.3 is 10.2 Å². The van der Waals surface area contributed by atoms with Crippen LogP contribution in [0.4, 0.5) is 5.69 Å². The van der Waals surface area contributed by atoms with Crippen LogP contribution in [0.25, 0.3) is 0 Å². The van der Waals surface area contributed by atoms with E-state index in [1.54, 1.807) is 67.6 Å². The van der Waals surface area contributed by atoms with Crippen LogP contribution in [0.1, 0.15) is 38.3 Å². The zero-order valence-electron chi connectivity index (χ0n) is 22.4. The number of aryl methyl sites for hydroxylation is 1. The zero-order chi connectivity index (χ0) is 28.7. The third-order valence-corrected chi connectivity index (χ3v) is 8.99. The maximum absolute atomic E-state index is 13.9. The van der Waals surface area contributed by atoms with E-state index in [-0.39, 0.29) is 23.4 Å². The topological polar surface area (TPSA) is 86.8 Å². The van der Waals surface area contributed by atoms with Gasteiger partial charge in [-0.1, -0.05) is 72.1 Å². The summed E-state index contributed by atoms with van der Waals surface area (Å²) in [6.07, 6.45) is 0.708. The van der Waals surface area contributed by atoms with E-state index in [9.17, 15) is 18.0 Å². The average Bonchev–Trinajstić information content (AvgIpc) is 2.91. The van der Waals surface area contributed by atoms with Crippen molar-refractivity contribution in [2.45, 2.75) is 57.6 Å². The highest BCUT2D eigenvalue weighted by molar-refractivity contribution is 7.92. The summed E-state index contributed by atoms with van der Waals surface area (Å²) < 4.78 is 28.6. The molecule has 0 unspecified atom stereocenters. The van der Waals surface area contributed by atoms with Crippen LogP contribution < -0.4 is 9.62 Å². The summed E-state index contributed by atoms with van der Waals surface area (Å²) in [5, 5.41) is 3.57. The van der Waals surface area contributed by atoms with Gasteiger partial charge in [-0.2, -0.15) is 0 Å². The summed E-state index contributed by atoms with van der Waals surface area (Å²) >= 11 is 12.8. The lowest BCUT2D eigenvalue weighted by Gasteiger charge is -2.32. The fourth-order valence-electron chi connectivity index (χ4n) is 3.86. The number of carbonyl (C=O) groups is 2. The highest BCUT2D eigenvalue weighted by Gasteiger charge is 2.33. The summed E-state index contributed by atoms with van der Waals surface area (Å²) in [6.45, 7) is 6.64. The predicted octanol–water partition coefficient (Wildman–Crippen LogP) is 5.83. The molecule has 0 bridgehead atoms. The minimum atomic E-state index is -4.12. The molecule has 0 fully saturated rings. The Bertz CT molecular complexity index is 1380. The van der Waals surface area contributed by atoms with Crippen LogP contribution >= 0.6 is 23.2 Å². The highest BCUT2D eigenvalue weighted by atomic mass is 35.5. The Morgan fingerprint density at radius 2 is 1.49 bits per heavy atom. The molecule has 0 spiro atoms. The normalized spacial score (nSPS) is 12.9. The molecule has 0 saturated heterocycles. The van der Waals surface area contributed by atoms with Gasteiger partial charge in [0.1, 0.15) is 12.6 Å². The molecule has 1 N–H and O–H groups in total. The first-order valence-electron chi connectivity index (χ1n) is 12.6. The van der Waals surface area contributed by atoms with Gasteiger partial charge in [-0.05, 0) is 63.6 Å². The van der Waals surface area contributed by atoms with E-state index in [1.165, 1.54) is 17.0 Å². The van der Waals surface area contributed by atoms with E-state index in [2.05, 4.69) is 5.32 Å². The van der Waals surface area contributed by atoms with Crippen molar-refractivity contribution in [2.75, 3.05) is 10.8 Å². The number of benzene rings is 3. The number of nitrogens with zero attached hydrogens (tertiary/aromatic N) is 2. The number of hydrogen-bond acceptors (Lipinski definition) is 4. The van der Waals surface area contributed by atoms with Gasteiger partial charge >= 0.3 is 0 Å². The molecule has 3 aromatic carbocycles. The van der Waals surface area contributed by atoms with Crippen LogP contribution in [0.3, 0.4) is 0 Å². The molecule has 0 aliphatic heterocycles. The molecule has 3 rings (SSSR count). The van der Waals surface area contributed by atoms with Crippen molar-refractivity contribution in [2.24, 2.45) is 0 Å². The lowest BCUT2D eigenvalue weighted by atomic mass is 10.1. The Balaban J connectivity index is 2.04. The van der Waals surface area contributed by atoms with E-state index in [0.717, 1.165) is 9.87 Å². The lowest BCUT2D eigenvalue weighted by Crippen LogP contribution is -2.52. The number of anilines is 1. The first-order valence-corrected chi connectivity index (χ1v) is 14.8. The van der Waals surface area contributed by atoms with Crippen LogP contribution in [-0.2, 0) is 26.2 Å². The molecular weight excluding hydrogens is 557 g/mol. The summed E-state index contributed by atoms with van der Waals surface area (Å²) in [5.74, 6) is -0.953. The standard InChI is InChI=1S/C29H33Cl2N3O4S/c1-5-21(3)32-29(36)22(4)33(18-25-26(30)12-9-13-27(25)31)28(35)19-34(23-10-7-6-8-11-23)39(37,38)24-16-14-20(2)15-17-24/h6-17,21-22H,5,18-19H2,1-4H3,(H,32,36)/t21-,22+/m0/s1.